The van der Waals surface area contributed by atoms with Crippen LogP contribution in [0, 0.1) is 6.92 Å². The quantitative estimate of drug-likeness (QED) is 0.781. The second-order valence-electron chi connectivity index (χ2n) is 4.88. The van der Waals surface area contributed by atoms with E-state index in [1.165, 1.54) is 11.1 Å². The fraction of sp³-hybridized carbons (Fsp3) is 0.538. The van der Waals surface area contributed by atoms with Gasteiger partial charge in [-0.05, 0) is 36.8 Å². The topological polar surface area (TPSA) is 26.0 Å². The van der Waals surface area contributed by atoms with Crippen LogP contribution in [0.3, 0.4) is 0 Å². The molecule has 0 heterocycles. The number of rotatable bonds is 3. The Bertz CT molecular complexity index is 300. The van der Waals surface area contributed by atoms with Crippen molar-refractivity contribution < 1.29 is 0 Å². The summed E-state index contributed by atoms with van der Waals surface area (Å²) in [7, 11) is 0. The van der Waals surface area contributed by atoms with Crippen LogP contribution in [0.15, 0.2) is 24.3 Å². The van der Waals surface area contributed by atoms with Gasteiger partial charge in [-0.2, -0.15) is 0 Å². The molecule has 1 aromatic rings. The van der Waals surface area contributed by atoms with Crippen molar-refractivity contribution >= 4 is 0 Å². The highest BCUT2D eigenvalue weighted by atomic mass is 14.6. The Kier molecular flexibility index (Phi) is 3.33. The molecule has 78 valence electrons. The standard InChI is InChI=1S/C13H21N/c1-10-7-5-6-8-12(10)13(3,4)9-11(2)14/h5-8,11H,9,14H2,1-4H3. The third kappa shape index (κ3) is 2.58. The van der Waals surface area contributed by atoms with Crippen molar-refractivity contribution in [1.29, 1.82) is 0 Å². The molecule has 0 amide bonds. The Labute approximate surface area is 87.3 Å². The maximum atomic E-state index is 5.87. The fourth-order valence-electron chi connectivity index (χ4n) is 2.25. The largest absolute Gasteiger partial charge is 0.328 e. The lowest BCUT2D eigenvalue weighted by atomic mass is 9.77. The smallest absolute Gasteiger partial charge is 0.00187 e. The van der Waals surface area contributed by atoms with Crippen molar-refractivity contribution in [1.82, 2.24) is 0 Å². The fourth-order valence-corrected chi connectivity index (χ4v) is 2.25. The zero-order chi connectivity index (χ0) is 10.8. The minimum Gasteiger partial charge on any atom is -0.328 e. The summed E-state index contributed by atoms with van der Waals surface area (Å²) in [5.74, 6) is 0. The van der Waals surface area contributed by atoms with E-state index in [-0.39, 0.29) is 11.5 Å². The molecule has 0 aromatic heterocycles. The maximum absolute atomic E-state index is 5.87. The molecule has 1 atom stereocenters. The summed E-state index contributed by atoms with van der Waals surface area (Å²) in [6, 6.07) is 8.81. The van der Waals surface area contributed by atoms with Crippen LogP contribution in [0.25, 0.3) is 0 Å². The molecule has 0 aliphatic heterocycles. The summed E-state index contributed by atoms with van der Waals surface area (Å²) in [6.07, 6.45) is 1.03. The molecule has 0 saturated heterocycles. The highest BCUT2D eigenvalue weighted by Crippen LogP contribution is 2.30. The van der Waals surface area contributed by atoms with Gasteiger partial charge in [0.1, 0.15) is 0 Å². The Morgan fingerprint density at radius 1 is 1.29 bits per heavy atom. The van der Waals surface area contributed by atoms with Crippen LogP contribution in [0.5, 0.6) is 0 Å². The zero-order valence-electron chi connectivity index (χ0n) is 9.67. The lowest BCUT2D eigenvalue weighted by Gasteiger charge is -2.28. The first-order chi connectivity index (χ1) is 6.43. The monoisotopic (exact) mass is 191 g/mol. The Balaban J connectivity index is 2.97. The average molecular weight is 191 g/mol. The molecule has 0 fully saturated rings. The second-order valence-corrected chi connectivity index (χ2v) is 4.88. The van der Waals surface area contributed by atoms with Gasteiger partial charge in [0.25, 0.3) is 0 Å². The molecule has 1 nitrogen and oxygen atoms in total. The van der Waals surface area contributed by atoms with Crippen molar-refractivity contribution in [2.75, 3.05) is 0 Å². The molecule has 1 unspecified atom stereocenters. The Morgan fingerprint density at radius 3 is 2.36 bits per heavy atom. The van der Waals surface area contributed by atoms with Gasteiger partial charge in [0.05, 0.1) is 0 Å². The predicted molar refractivity (Wildman–Crippen MR) is 62.5 cm³/mol. The van der Waals surface area contributed by atoms with Gasteiger partial charge in [0.15, 0.2) is 0 Å². The van der Waals surface area contributed by atoms with E-state index >= 15 is 0 Å². The number of hydrogen-bond acceptors (Lipinski definition) is 1. The molecule has 0 aliphatic rings. The number of nitrogens with two attached hydrogens (primary N) is 1. The highest BCUT2D eigenvalue weighted by molar-refractivity contribution is 5.32. The lowest BCUT2D eigenvalue weighted by Crippen LogP contribution is -2.28. The van der Waals surface area contributed by atoms with Gasteiger partial charge in [-0.15, -0.1) is 0 Å². The van der Waals surface area contributed by atoms with E-state index in [1.807, 2.05) is 0 Å². The molecule has 0 saturated carbocycles. The number of aryl methyl sites for hydroxylation is 1. The molecule has 14 heavy (non-hydrogen) atoms. The Morgan fingerprint density at radius 2 is 1.86 bits per heavy atom. The average Bonchev–Trinajstić information content (AvgIpc) is 2.02. The number of hydrogen-bond donors (Lipinski definition) is 1. The van der Waals surface area contributed by atoms with Gasteiger partial charge in [-0.25, -0.2) is 0 Å². The predicted octanol–water partition coefficient (Wildman–Crippen LogP) is 3.01. The summed E-state index contributed by atoms with van der Waals surface area (Å²) >= 11 is 0. The first-order valence-electron chi connectivity index (χ1n) is 5.25. The molecule has 2 N–H and O–H groups in total. The van der Waals surface area contributed by atoms with Gasteiger partial charge in [-0.1, -0.05) is 38.1 Å². The lowest BCUT2D eigenvalue weighted by molar-refractivity contribution is 0.435. The van der Waals surface area contributed by atoms with Crippen LogP contribution in [0.4, 0.5) is 0 Å². The van der Waals surface area contributed by atoms with Crippen LogP contribution in [-0.4, -0.2) is 6.04 Å². The molecule has 1 heteroatoms. The minimum absolute atomic E-state index is 0.180. The van der Waals surface area contributed by atoms with Gasteiger partial charge in [0.2, 0.25) is 0 Å². The third-order valence-electron chi connectivity index (χ3n) is 2.71. The van der Waals surface area contributed by atoms with Crippen molar-refractivity contribution in [3.8, 4) is 0 Å². The molecule has 1 aromatic carbocycles. The number of benzene rings is 1. The van der Waals surface area contributed by atoms with E-state index in [0.29, 0.717) is 0 Å². The maximum Gasteiger partial charge on any atom is 0.00187 e. The molecule has 0 bridgehead atoms. The van der Waals surface area contributed by atoms with Gasteiger partial charge < -0.3 is 5.73 Å². The molecule has 0 radical (unpaired) electrons. The van der Waals surface area contributed by atoms with Gasteiger partial charge >= 0.3 is 0 Å². The molecular formula is C13H21N. The van der Waals surface area contributed by atoms with E-state index in [1.54, 1.807) is 0 Å². The van der Waals surface area contributed by atoms with Crippen LogP contribution in [0.2, 0.25) is 0 Å². The second kappa shape index (κ2) is 4.14. The highest BCUT2D eigenvalue weighted by Gasteiger charge is 2.23. The molecule has 0 aliphatic carbocycles. The summed E-state index contributed by atoms with van der Waals surface area (Å²) in [5, 5.41) is 0. The van der Waals surface area contributed by atoms with E-state index in [9.17, 15) is 0 Å². The molecule has 1 rings (SSSR count). The van der Waals surface area contributed by atoms with Crippen molar-refractivity contribution in [2.24, 2.45) is 5.73 Å². The van der Waals surface area contributed by atoms with Crippen LogP contribution < -0.4 is 5.73 Å². The van der Waals surface area contributed by atoms with E-state index < -0.39 is 0 Å². The Hall–Kier alpha value is -0.820. The summed E-state index contributed by atoms with van der Waals surface area (Å²) in [4.78, 5) is 0. The first kappa shape index (κ1) is 11.3. The summed E-state index contributed by atoms with van der Waals surface area (Å²) in [6.45, 7) is 8.76. The van der Waals surface area contributed by atoms with Crippen LogP contribution in [-0.2, 0) is 5.41 Å². The van der Waals surface area contributed by atoms with Crippen molar-refractivity contribution in [3.05, 3.63) is 35.4 Å². The first-order valence-corrected chi connectivity index (χ1v) is 5.25. The normalized spacial score (nSPS) is 14.1. The minimum atomic E-state index is 0.180. The van der Waals surface area contributed by atoms with Crippen molar-refractivity contribution in [3.63, 3.8) is 0 Å². The zero-order valence-corrected chi connectivity index (χ0v) is 9.67. The molecule has 0 spiro atoms. The van der Waals surface area contributed by atoms with E-state index in [0.717, 1.165) is 6.42 Å². The van der Waals surface area contributed by atoms with Crippen LogP contribution in [0.1, 0.15) is 38.3 Å². The summed E-state index contributed by atoms with van der Waals surface area (Å²) < 4.78 is 0. The molecular weight excluding hydrogens is 170 g/mol. The van der Waals surface area contributed by atoms with Gasteiger partial charge in [-0.3, -0.25) is 0 Å². The third-order valence-corrected chi connectivity index (χ3v) is 2.71. The SMILES string of the molecule is Cc1ccccc1C(C)(C)CC(C)N. The van der Waals surface area contributed by atoms with Crippen molar-refractivity contribution in [2.45, 2.75) is 45.6 Å². The van der Waals surface area contributed by atoms with E-state index in [2.05, 4.69) is 52.0 Å². The van der Waals surface area contributed by atoms with Gasteiger partial charge in [0, 0.05) is 6.04 Å². The summed E-state index contributed by atoms with van der Waals surface area (Å²) in [5.41, 5.74) is 8.82. The van der Waals surface area contributed by atoms with Crippen LogP contribution >= 0.6 is 0 Å². The van der Waals surface area contributed by atoms with E-state index in [4.69, 9.17) is 5.73 Å².